The van der Waals surface area contributed by atoms with E-state index in [4.69, 9.17) is 4.74 Å². The minimum atomic E-state index is -0.345. The second-order valence-electron chi connectivity index (χ2n) is 10.2. The Hall–Kier alpha value is -2.54. The lowest BCUT2D eigenvalue weighted by molar-refractivity contribution is -0.135. The Morgan fingerprint density at radius 3 is 2.67 bits per heavy atom. The van der Waals surface area contributed by atoms with E-state index in [0.717, 1.165) is 30.6 Å². The first-order valence-corrected chi connectivity index (χ1v) is 12.7. The van der Waals surface area contributed by atoms with E-state index in [1.165, 1.54) is 10.4 Å². The standard InChI is InChI=1S/C26H35N3O3S/c1-18-7-5-6-8-22(18)32-17-21-20-12-14-33-23(20)11-13-29(21)24(30)16-28(15-19-9-10-19)25(31)27-26(2,3)4/h5-8,12,14,19,21H,9-11,13,15-17H2,1-4H3,(H,27,31). The number of hydrogen-bond donors (Lipinski definition) is 1. The molecule has 2 aromatic rings. The Labute approximate surface area is 200 Å². The van der Waals surface area contributed by atoms with Crippen molar-refractivity contribution >= 4 is 23.3 Å². The molecule has 1 aromatic heterocycles. The molecule has 3 amide bonds. The van der Waals surface area contributed by atoms with Crippen LogP contribution in [0.15, 0.2) is 35.7 Å². The van der Waals surface area contributed by atoms with Gasteiger partial charge in [-0.25, -0.2) is 4.79 Å². The van der Waals surface area contributed by atoms with Crippen molar-refractivity contribution in [2.75, 3.05) is 26.2 Å². The Morgan fingerprint density at radius 2 is 1.97 bits per heavy atom. The molecule has 1 aromatic carbocycles. The largest absolute Gasteiger partial charge is 0.491 e. The lowest BCUT2D eigenvalue weighted by Gasteiger charge is -2.37. The highest BCUT2D eigenvalue weighted by Crippen LogP contribution is 2.35. The number of ether oxygens (including phenoxy) is 1. The third-order valence-corrected chi connectivity index (χ3v) is 7.17. The summed E-state index contributed by atoms with van der Waals surface area (Å²) in [4.78, 5) is 31.4. The number of carbonyl (C=O) groups is 2. The molecule has 0 spiro atoms. The van der Waals surface area contributed by atoms with Crippen LogP contribution < -0.4 is 10.1 Å². The fraction of sp³-hybridized carbons (Fsp3) is 0.538. The molecule has 178 valence electrons. The van der Waals surface area contributed by atoms with Gasteiger partial charge < -0.3 is 19.9 Å². The van der Waals surface area contributed by atoms with Crippen molar-refractivity contribution in [3.05, 3.63) is 51.7 Å². The van der Waals surface area contributed by atoms with Crippen LogP contribution in [0.1, 0.15) is 55.7 Å². The fourth-order valence-corrected chi connectivity index (χ4v) is 5.18. The highest BCUT2D eigenvalue weighted by atomic mass is 32.1. The molecule has 0 radical (unpaired) electrons. The van der Waals surface area contributed by atoms with Crippen molar-refractivity contribution in [1.82, 2.24) is 15.1 Å². The van der Waals surface area contributed by atoms with Gasteiger partial charge in [-0.1, -0.05) is 18.2 Å². The van der Waals surface area contributed by atoms with Gasteiger partial charge in [-0.3, -0.25) is 4.79 Å². The van der Waals surface area contributed by atoms with Crippen LogP contribution in [0.5, 0.6) is 5.75 Å². The molecule has 6 nitrogen and oxygen atoms in total. The third-order valence-electron chi connectivity index (χ3n) is 6.18. The molecule has 7 heteroatoms. The summed E-state index contributed by atoms with van der Waals surface area (Å²) < 4.78 is 6.19. The van der Waals surface area contributed by atoms with Crippen LogP contribution in [0, 0.1) is 12.8 Å². The van der Waals surface area contributed by atoms with Crippen molar-refractivity contribution in [3.63, 3.8) is 0 Å². The Bertz CT molecular complexity index is 993. The summed E-state index contributed by atoms with van der Waals surface area (Å²) in [6.45, 7) is 9.69. The van der Waals surface area contributed by atoms with Crippen molar-refractivity contribution < 1.29 is 14.3 Å². The predicted octanol–water partition coefficient (Wildman–Crippen LogP) is 4.78. The molecule has 1 fully saturated rings. The molecule has 2 aliphatic rings. The predicted molar refractivity (Wildman–Crippen MR) is 132 cm³/mol. The van der Waals surface area contributed by atoms with Crippen LogP contribution in [0.4, 0.5) is 4.79 Å². The van der Waals surface area contributed by atoms with Gasteiger partial charge in [0.15, 0.2) is 0 Å². The van der Waals surface area contributed by atoms with E-state index < -0.39 is 0 Å². The molecule has 1 N–H and O–H groups in total. The molecule has 1 aliphatic carbocycles. The van der Waals surface area contributed by atoms with Crippen LogP contribution in [0.2, 0.25) is 0 Å². The Kier molecular flexibility index (Phi) is 6.98. The maximum absolute atomic E-state index is 13.6. The van der Waals surface area contributed by atoms with Crippen LogP contribution >= 0.6 is 11.3 Å². The Balaban J connectivity index is 1.50. The molecule has 0 saturated heterocycles. The van der Waals surface area contributed by atoms with Gasteiger partial charge >= 0.3 is 6.03 Å². The number of nitrogens with zero attached hydrogens (tertiary/aromatic N) is 2. The average molecular weight is 470 g/mol. The van der Waals surface area contributed by atoms with Gasteiger partial charge in [0.1, 0.15) is 18.9 Å². The SMILES string of the molecule is Cc1ccccc1OCC1c2ccsc2CCN1C(=O)CN(CC1CC1)C(=O)NC(C)(C)C. The minimum Gasteiger partial charge on any atom is -0.491 e. The molecule has 33 heavy (non-hydrogen) atoms. The molecule has 4 rings (SSSR count). The highest BCUT2D eigenvalue weighted by molar-refractivity contribution is 7.10. The molecule has 1 atom stereocenters. The quantitative estimate of drug-likeness (QED) is 0.635. The zero-order valence-corrected chi connectivity index (χ0v) is 20.9. The van der Waals surface area contributed by atoms with Gasteiger partial charge in [0.2, 0.25) is 5.91 Å². The van der Waals surface area contributed by atoms with Crippen LogP contribution in [0.3, 0.4) is 0 Å². The summed E-state index contributed by atoms with van der Waals surface area (Å²) in [5.41, 5.74) is 1.90. The number of benzene rings is 1. The monoisotopic (exact) mass is 469 g/mol. The first kappa shape index (κ1) is 23.6. The highest BCUT2D eigenvalue weighted by Gasteiger charge is 2.35. The Morgan fingerprint density at radius 1 is 1.21 bits per heavy atom. The van der Waals surface area contributed by atoms with Crippen molar-refractivity contribution in [2.24, 2.45) is 5.92 Å². The number of thiophene rings is 1. The van der Waals surface area contributed by atoms with E-state index in [-0.39, 0.29) is 30.1 Å². The lowest BCUT2D eigenvalue weighted by atomic mass is 10.0. The van der Waals surface area contributed by atoms with Gasteiger partial charge in [0.05, 0.1) is 6.04 Å². The maximum atomic E-state index is 13.6. The van der Waals surface area contributed by atoms with Crippen LogP contribution in [0.25, 0.3) is 0 Å². The normalized spacial score (nSPS) is 17.9. The van der Waals surface area contributed by atoms with Gasteiger partial charge in [-0.15, -0.1) is 11.3 Å². The number of hydrogen-bond acceptors (Lipinski definition) is 4. The third kappa shape index (κ3) is 6.08. The first-order valence-electron chi connectivity index (χ1n) is 11.8. The summed E-state index contributed by atoms with van der Waals surface area (Å²) in [7, 11) is 0. The zero-order valence-electron chi connectivity index (χ0n) is 20.1. The van der Waals surface area contributed by atoms with Crippen molar-refractivity contribution in [3.8, 4) is 5.75 Å². The van der Waals surface area contributed by atoms with E-state index in [0.29, 0.717) is 25.6 Å². The summed E-state index contributed by atoms with van der Waals surface area (Å²) in [6.07, 6.45) is 3.10. The lowest BCUT2D eigenvalue weighted by Crippen LogP contribution is -2.53. The van der Waals surface area contributed by atoms with Crippen molar-refractivity contribution in [2.45, 2.75) is 58.5 Å². The van der Waals surface area contributed by atoms with E-state index in [9.17, 15) is 9.59 Å². The fourth-order valence-electron chi connectivity index (χ4n) is 4.25. The number of carbonyl (C=O) groups excluding carboxylic acids is 2. The van der Waals surface area contributed by atoms with Gasteiger partial charge in [0, 0.05) is 23.5 Å². The molecule has 1 aliphatic heterocycles. The van der Waals surface area contributed by atoms with Crippen LogP contribution in [-0.4, -0.2) is 53.5 Å². The molecular weight excluding hydrogens is 434 g/mol. The zero-order chi connectivity index (χ0) is 23.6. The maximum Gasteiger partial charge on any atom is 0.318 e. The molecule has 2 heterocycles. The molecule has 0 bridgehead atoms. The number of fused-ring (bicyclic) bond motifs is 1. The molecule has 1 unspecified atom stereocenters. The van der Waals surface area contributed by atoms with E-state index in [1.807, 2.05) is 56.9 Å². The van der Waals surface area contributed by atoms with Gasteiger partial charge in [-0.2, -0.15) is 0 Å². The van der Waals surface area contributed by atoms with Gasteiger partial charge in [0.25, 0.3) is 0 Å². The molecular formula is C26H35N3O3S. The minimum absolute atomic E-state index is 0.0186. The van der Waals surface area contributed by atoms with Crippen molar-refractivity contribution in [1.29, 1.82) is 0 Å². The smallest absolute Gasteiger partial charge is 0.318 e. The topological polar surface area (TPSA) is 61.9 Å². The summed E-state index contributed by atoms with van der Waals surface area (Å²) in [6, 6.07) is 9.74. The van der Waals surface area contributed by atoms with E-state index in [2.05, 4.69) is 16.8 Å². The second-order valence-corrected chi connectivity index (χ2v) is 11.2. The number of aryl methyl sites for hydroxylation is 1. The van der Waals surface area contributed by atoms with Crippen LogP contribution in [-0.2, 0) is 11.2 Å². The number of nitrogens with one attached hydrogen (secondary N) is 1. The van der Waals surface area contributed by atoms with Gasteiger partial charge in [-0.05, 0) is 81.5 Å². The van der Waals surface area contributed by atoms with E-state index in [1.54, 1.807) is 16.2 Å². The van der Waals surface area contributed by atoms with E-state index >= 15 is 0 Å². The first-order chi connectivity index (χ1) is 15.7. The number of urea groups is 1. The summed E-state index contributed by atoms with van der Waals surface area (Å²) in [5, 5.41) is 5.12. The average Bonchev–Trinajstić information content (AvgIpc) is 3.43. The number of rotatable bonds is 7. The second kappa shape index (κ2) is 9.75. The molecule has 1 saturated carbocycles. The number of amides is 3. The number of para-hydroxylation sites is 1. The summed E-state index contributed by atoms with van der Waals surface area (Å²) in [5.74, 6) is 1.33. The summed E-state index contributed by atoms with van der Waals surface area (Å²) >= 11 is 1.74.